The lowest BCUT2D eigenvalue weighted by atomic mass is 10.1. The van der Waals surface area contributed by atoms with Crippen LogP contribution in [0.2, 0.25) is 0 Å². The molecule has 0 unspecified atom stereocenters. The molecule has 2 aromatic rings. The Morgan fingerprint density at radius 3 is 2.56 bits per heavy atom. The number of carbonyl (C=O) groups excluding carboxylic acids is 1. The van der Waals surface area contributed by atoms with Crippen molar-refractivity contribution in [2.75, 3.05) is 37.4 Å². The quantitative estimate of drug-likeness (QED) is 0.884. The monoisotopic (exact) mass is 358 g/mol. The summed E-state index contributed by atoms with van der Waals surface area (Å²) in [4.78, 5) is 17.0. The standard InChI is InChI=1S/C19H26N4OS/c1-14-17(18(20-2)25-21-14)19(24)22(3)13-15-7-9-16(10-8-15)23-11-5-4-6-12-23/h7-10,20H,4-6,11-13H2,1-3H3. The number of hydrogen-bond acceptors (Lipinski definition) is 5. The first kappa shape index (κ1) is 17.7. The van der Waals surface area contributed by atoms with E-state index in [9.17, 15) is 4.79 Å². The molecule has 1 aliphatic heterocycles. The molecule has 1 aliphatic rings. The highest BCUT2D eigenvalue weighted by molar-refractivity contribution is 7.10. The lowest BCUT2D eigenvalue weighted by molar-refractivity contribution is 0.0785. The summed E-state index contributed by atoms with van der Waals surface area (Å²) < 4.78 is 4.29. The third-order valence-corrected chi connectivity index (χ3v) is 5.68. The minimum atomic E-state index is 0.00991. The predicted octanol–water partition coefficient (Wildman–Crippen LogP) is 3.76. The Bertz CT molecular complexity index is 720. The average molecular weight is 359 g/mol. The number of hydrogen-bond donors (Lipinski definition) is 1. The number of aromatic nitrogens is 1. The Kier molecular flexibility index (Phi) is 5.58. The number of rotatable bonds is 5. The van der Waals surface area contributed by atoms with Crippen molar-refractivity contribution in [1.82, 2.24) is 9.27 Å². The van der Waals surface area contributed by atoms with Gasteiger partial charge in [0.15, 0.2) is 0 Å². The maximum Gasteiger partial charge on any atom is 0.258 e. The highest BCUT2D eigenvalue weighted by Gasteiger charge is 2.21. The topological polar surface area (TPSA) is 48.5 Å². The van der Waals surface area contributed by atoms with Crippen molar-refractivity contribution in [3.63, 3.8) is 0 Å². The van der Waals surface area contributed by atoms with E-state index < -0.39 is 0 Å². The Morgan fingerprint density at radius 1 is 1.24 bits per heavy atom. The Hall–Kier alpha value is -2.08. The molecule has 0 bridgehead atoms. The van der Waals surface area contributed by atoms with Crippen molar-refractivity contribution < 1.29 is 4.79 Å². The minimum Gasteiger partial charge on any atom is -0.378 e. The van der Waals surface area contributed by atoms with Gasteiger partial charge in [-0.25, -0.2) is 0 Å². The molecule has 0 aliphatic carbocycles. The van der Waals surface area contributed by atoms with Crippen LogP contribution in [0.1, 0.15) is 40.9 Å². The lowest BCUT2D eigenvalue weighted by Crippen LogP contribution is -2.29. The van der Waals surface area contributed by atoms with Crippen LogP contribution in [0, 0.1) is 6.92 Å². The third-order valence-electron chi connectivity index (χ3n) is 4.73. The second-order valence-electron chi connectivity index (χ2n) is 6.60. The summed E-state index contributed by atoms with van der Waals surface area (Å²) in [5.74, 6) is 0.00991. The smallest absolute Gasteiger partial charge is 0.258 e. The van der Waals surface area contributed by atoms with Gasteiger partial charge in [-0.2, -0.15) is 4.37 Å². The average Bonchev–Trinajstić information content (AvgIpc) is 3.03. The van der Waals surface area contributed by atoms with Gasteiger partial charge in [-0.1, -0.05) is 12.1 Å². The van der Waals surface area contributed by atoms with Crippen molar-refractivity contribution >= 4 is 28.1 Å². The number of nitrogens with zero attached hydrogens (tertiary/aromatic N) is 3. The van der Waals surface area contributed by atoms with Crippen LogP contribution in [0.15, 0.2) is 24.3 Å². The van der Waals surface area contributed by atoms with Gasteiger partial charge in [0.1, 0.15) is 5.00 Å². The number of benzene rings is 1. The zero-order chi connectivity index (χ0) is 17.8. The molecule has 0 saturated carbocycles. The molecule has 1 fully saturated rings. The van der Waals surface area contributed by atoms with E-state index in [4.69, 9.17) is 0 Å². The summed E-state index contributed by atoms with van der Waals surface area (Å²) in [5.41, 5.74) is 3.89. The summed E-state index contributed by atoms with van der Waals surface area (Å²) in [6.07, 6.45) is 3.90. The van der Waals surface area contributed by atoms with Gasteiger partial charge >= 0.3 is 0 Å². The molecule has 1 aromatic carbocycles. The van der Waals surface area contributed by atoms with Crippen LogP contribution < -0.4 is 10.2 Å². The number of amides is 1. The first-order valence-corrected chi connectivity index (χ1v) is 9.61. The highest BCUT2D eigenvalue weighted by Crippen LogP contribution is 2.26. The van der Waals surface area contributed by atoms with E-state index >= 15 is 0 Å². The minimum absolute atomic E-state index is 0.00991. The second kappa shape index (κ2) is 7.87. The molecule has 0 radical (unpaired) electrons. The molecule has 3 rings (SSSR count). The first-order valence-electron chi connectivity index (χ1n) is 8.83. The van der Waals surface area contributed by atoms with Crippen LogP contribution >= 0.6 is 11.5 Å². The van der Waals surface area contributed by atoms with Crippen LogP contribution in [0.4, 0.5) is 10.7 Å². The normalized spacial score (nSPS) is 14.4. The van der Waals surface area contributed by atoms with Crippen molar-refractivity contribution in [2.45, 2.75) is 32.7 Å². The van der Waals surface area contributed by atoms with Gasteiger partial charge in [0.25, 0.3) is 5.91 Å². The fourth-order valence-corrected chi connectivity index (χ4v) is 4.03. The second-order valence-corrected chi connectivity index (χ2v) is 7.37. The Morgan fingerprint density at radius 2 is 1.92 bits per heavy atom. The van der Waals surface area contributed by atoms with Gasteiger partial charge in [0.2, 0.25) is 0 Å². The molecule has 0 atom stereocenters. The van der Waals surface area contributed by atoms with Crippen molar-refractivity contribution in [3.8, 4) is 0 Å². The molecule has 2 heterocycles. The van der Waals surface area contributed by atoms with Gasteiger partial charge < -0.3 is 15.1 Å². The van der Waals surface area contributed by atoms with E-state index in [2.05, 4.69) is 38.9 Å². The molecule has 1 amide bonds. The van der Waals surface area contributed by atoms with E-state index in [1.54, 1.807) is 4.90 Å². The molecule has 25 heavy (non-hydrogen) atoms. The van der Waals surface area contributed by atoms with Crippen LogP contribution in [0.5, 0.6) is 0 Å². The van der Waals surface area contributed by atoms with Gasteiger partial charge in [-0.15, -0.1) is 0 Å². The van der Waals surface area contributed by atoms with Crippen LogP contribution in [0.3, 0.4) is 0 Å². The maximum atomic E-state index is 12.8. The van der Waals surface area contributed by atoms with E-state index in [-0.39, 0.29) is 5.91 Å². The number of carbonyl (C=O) groups is 1. The fourth-order valence-electron chi connectivity index (χ4n) is 3.29. The van der Waals surface area contributed by atoms with E-state index in [1.807, 2.05) is 21.0 Å². The number of aryl methyl sites for hydroxylation is 1. The molecule has 1 N–H and O–H groups in total. The Labute approximate surface area is 153 Å². The van der Waals surface area contributed by atoms with E-state index in [1.165, 1.54) is 36.5 Å². The summed E-state index contributed by atoms with van der Waals surface area (Å²) in [6, 6.07) is 8.61. The molecule has 5 nitrogen and oxygen atoms in total. The van der Waals surface area contributed by atoms with Crippen LogP contribution in [-0.2, 0) is 6.54 Å². The molecule has 0 spiro atoms. The van der Waals surface area contributed by atoms with Gasteiger partial charge in [0.05, 0.1) is 11.3 Å². The summed E-state index contributed by atoms with van der Waals surface area (Å²) in [7, 11) is 3.67. The molecule has 1 aromatic heterocycles. The molecule has 6 heteroatoms. The molecule has 134 valence electrons. The highest BCUT2D eigenvalue weighted by atomic mass is 32.1. The van der Waals surface area contributed by atoms with Gasteiger partial charge in [-0.05, 0) is 55.4 Å². The summed E-state index contributed by atoms with van der Waals surface area (Å²) >= 11 is 1.33. The van der Waals surface area contributed by atoms with E-state index in [0.717, 1.165) is 29.3 Å². The van der Waals surface area contributed by atoms with Crippen molar-refractivity contribution in [1.29, 1.82) is 0 Å². The number of nitrogens with one attached hydrogen (secondary N) is 1. The first-order chi connectivity index (χ1) is 12.1. The predicted molar refractivity (Wildman–Crippen MR) is 105 cm³/mol. The molecule has 1 saturated heterocycles. The molecular weight excluding hydrogens is 332 g/mol. The summed E-state index contributed by atoms with van der Waals surface area (Å²) in [5, 5.41) is 3.89. The number of anilines is 2. The largest absolute Gasteiger partial charge is 0.378 e. The molecular formula is C19H26N4OS. The van der Waals surface area contributed by atoms with Crippen molar-refractivity contribution in [3.05, 3.63) is 41.1 Å². The van der Waals surface area contributed by atoms with Crippen LogP contribution in [0.25, 0.3) is 0 Å². The number of piperidine rings is 1. The van der Waals surface area contributed by atoms with Crippen molar-refractivity contribution in [2.24, 2.45) is 0 Å². The third kappa shape index (κ3) is 3.95. The Balaban J connectivity index is 1.67. The van der Waals surface area contributed by atoms with Crippen LogP contribution in [-0.4, -0.2) is 42.4 Å². The van der Waals surface area contributed by atoms with E-state index in [0.29, 0.717) is 12.1 Å². The lowest BCUT2D eigenvalue weighted by Gasteiger charge is -2.29. The fraction of sp³-hybridized carbons (Fsp3) is 0.474. The van der Waals surface area contributed by atoms with Gasteiger partial charge in [-0.3, -0.25) is 4.79 Å². The zero-order valence-corrected chi connectivity index (χ0v) is 16.0. The maximum absolute atomic E-state index is 12.8. The SMILES string of the molecule is CNc1snc(C)c1C(=O)N(C)Cc1ccc(N2CCCCC2)cc1. The van der Waals surface area contributed by atoms with Gasteiger partial charge in [0, 0.05) is 39.4 Å². The zero-order valence-electron chi connectivity index (χ0n) is 15.2. The summed E-state index contributed by atoms with van der Waals surface area (Å²) in [6.45, 7) is 4.77.